The molecule has 0 unspecified atom stereocenters. The van der Waals surface area contributed by atoms with Crippen molar-refractivity contribution in [2.75, 3.05) is 19.8 Å². The second-order valence-electron chi connectivity index (χ2n) is 6.49. The highest BCUT2D eigenvalue weighted by molar-refractivity contribution is 6.10. The molecule has 0 radical (unpaired) electrons. The van der Waals surface area contributed by atoms with Gasteiger partial charge in [0.1, 0.15) is 5.75 Å². The number of aliphatic hydroxyl groups is 1. The highest BCUT2D eigenvalue weighted by atomic mass is 16.5. The average molecular weight is 368 g/mol. The van der Waals surface area contributed by atoms with E-state index >= 15 is 0 Å². The van der Waals surface area contributed by atoms with E-state index in [2.05, 4.69) is 13.0 Å². The van der Waals surface area contributed by atoms with Crippen molar-refractivity contribution in [3.63, 3.8) is 0 Å². The van der Waals surface area contributed by atoms with E-state index in [9.17, 15) is 5.11 Å². The molecule has 0 aliphatic rings. The summed E-state index contributed by atoms with van der Waals surface area (Å²) in [7, 11) is 0. The van der Waals surface area contributed by atoms with Crippen molar-refractivity contribution in [3.05, 3.63) is 42.0 Å². The summed E-state index contributed by atoms with van der Waals surface area (Å²) in [6.45, 7) is 7.87. The smallest absolute Gasteiger partial charge is 0.161 e. The van der Waals surface area contributed by atoms with Crippen molar-refractivity contribution in [1.29, 1.82) is 0 Å². The third kappa shape index (κ3) is 4.11. The first-order chi connectivity index (χ1) is 13.2. The Kier molecular flexibility index (Phi) is 6.40. The van der Waals surface area contributed by atoms with Gasteiger partial charge in [-0.3, -0.25) is 0 Å². The Hall–Kier alpha value is -2.46. The van der Waals surface area contributed by atoms with Crippen molar-refractivity contribution >= 4 is 21.5 Å². The minimum atomic E-state index is -0.0270. The topological polar surface area (TPSA) is 47.9 Å². The fraction of sp³-hybridized carbons (Fsp3) is 0.391. The summed E-state index contributed by atoms with van der Waals surface area (Å²) in [6.07, 6.45) is 2.14. The van der Waals surface area contributed by atoms with Crippen LogP contribution in [0.2, 0.25) is 0 Å². The molecule has 0 amide bonds. The van der Waals surface area contributed by atoms with Crippen molar-refractivity contribution in [1.82, 2.24) is 0 Å². The first kappa shape index (κ1) is 19.3. The summed E-state index contributed by atoms with van der Waals surface area (Å²) in [5.74, 6) is 2.29. The van der Waals surface area contributed by atoms with Crippen LogP contribution in [0.1, 0.15) is 39.2 Å². The Labute approximate surface area is 160 Å². The number of rotatable bonds is 9. The lowest BCUT2D eigenvalue weighted by molar-refractivity contribution is 0.282. The Balaban J connectivity index is 2.20. The van der Waals surface area contributed by atoms with Gasteiger partial charge in [-0.1, -0.05) is 19.4 Å². The van der Waals surface area contributed by atoms with E-state index in [1.54, 1.807) is 0 Å². The molecule has 3 aromatic carbocycles. The Morgan fingerprint density at radius 1 is 0.778 bits per heavy atom. The lowest BCUT2D eigenvalue weighted by Crippen LogP contribution is -2.00. The van der Waals surface area contributed by atoms with Crippen LogP contribution in [0.5, 0.6) is 17.2 Å². The summed E-state index contributed by atoms with van der Waals surface area (Å²) in [6, 6.07) is 12.1. The van der Waals surface area contributed by atoms with Gasteiger partial charge in [0.15, 0.2) is 11.5 Å². The molecule has 0 spiro atoms. The SMILES string of the molecule is CCCCOc1ccc2cc(CO)c3cc(OCC)c(OCC)cc3c2c1. The highest BCUT2D eigenvalue weighted by Crippen LogP contribution is 2.39. The lowest BCUT2D eigenvalue weighted by Gasteiger charge is -2.16. The molecule has 4 nitrogen and oxygen atoms in total. The molecule has 4 heteroatoms. The largest absolute Gasteiger partial charge is 0.494 e. The first-order valence-electron chi connectivity index (χ1n) is 9.74. The number of unbranched alkanes of at least 4 members (excludes halogenated alkanes) is 1. The van der Waals surface area contributed by atoms with Gasteiger partial charge in [-0.2, -0.15) is 0 Å². The van der Waals surface area contributed by atoms with E-state index in [4.69, 9.17) is 14.2 Å². The number of aliphatic hydroxyl groups excluding tert-OH is 1. The minimum Gasteiger partial charge on any atom is -0.494 e. The highest BCUT2D eigenvalue weighted by Gasteiger charge is 2.13. The zero-order valence-electron chi connectivity index (χ0n) is 16.4. The Bertz CT molecular complexity index is 917. The van der Waals surface area contributed by atoms with Gasteiger partial charge in [0, 0.05) is 0 Å². The van der Waals surface area contributed by atoms with Gasteiger partial charge in [0.25, 0.3) is 0 Å². The molecule has 0 fully saturated rings. The molecule has 144 valence electrons. The molecule has 0 bridgehead atoms. The van der Waals surface area contributed by atoms with Crippen molar-refractivity contribution in [3.8, 4) is 17.2 Å². The molecule has 1 N–H and O–H groups in total. The normalized spacial score (nSPS) is 11.1. The van der Waals surface area contributed by atoms with Gasteiger partial charge in [-0.15, -0.1) is 0 Å². The predicted octanol–water partition coefficient (Wildman–Crippen LogP) is 5.46. The number of hydrogen-bond donors (Lipinski definition) is 1. The predicted molar refractivity (Wildman–Crippen MR) is 110 cm³/mol. The zero-order valence-corrected chi connectivity index (χ0v) is 16.4. The van der Waals surface area contributed by atoms with E-state index in [0.717, 1.165) is 51.4 Å². The molecule has 27 heavy (non-hydrogen) atoms. The van der Waals surface area contributed by atoms with Crippen LogP contribution in [0.3, 0.4) is 0 Å². The van der Waals surface area contributed by atoms with Crippen LogP contribution in [-0.4, -0.2) is 24.9 Å². The zero-order chi connectivity index (χ0) is 19.2. The molecule has 0 aliphatic carbocycles. The third-order valence-electron chi connectivity index (χ3n) is 4.61. The number of hydrogen-bond acceptors (Lipinski definition) is 4. The van der Waals surface area contributed by atoms with E-state index < -0.39 is 0 Å². The van der Waals surface area contributed by atoms with Crippen molar-refractivity contribution in [2.45, 2.75) is 40.2 Å². The van der Waals surface area contributed by atoms with Gasteiger partial charge in [0.2, 0.25) is 0 Å². The van der Waals surface area contributed by atoms with Crippen molar-refractivity contribution < 1.29 is 19.3 Å². The molecule has 3 rings (SSSR count). The van der Waals surface area contributed by atoms with Crippen LogP contribution < -0.4 is 14.2 Å². The maximum Gasteiger partial charge on any atom is 0.161 e. The number of ether oxygens (including phenoxy) is 3. The Morgan fingerprint density at radius 2 is 1.48 bits per heavy atom. The molecule has 0 aliphatic heterocycles. The molecular formula is C23H28O4. The second kappa shape index (κ2) is 8.96. The van der Waals surface area contributed by atoms with Gasteiger partial charge in [-0.25, -0.2) is 0 Å². The van der Waals surface area contributed by atoms with Crippen LogP contribution >= 0.6 is 0 Å². The number of benzene rings is 3. The van der Waals surface area contributed by atoms with Gasteiger partial charge < -0.3 is 19.3 Å². The quantitative estimate of drug-likeness (QED) is 0.402. The van der Waals surface area contributed by atoms with Crippen LogP contribution in [0, 0.1) is 0 Å². The molecule has 0 saturated carbocycles. The maximum atomic E-state index is 9.89. The standard InChI is InChI=1S/C23H28O4/c1-4-7-10-27-18-9-8-16-11-17(15-24)20-13-22(25-5-2)23(26-6-3)14-21(20)19(16)12-18/h8-9,11-14,24H,4-7,10,15H2,1-3H3. The van der Waals surface area contributed by atoms with Crippen LogP contribution in [-0.2, 0) is 6.61 Å². The Morgan fingerprint density at radius 3 is 2.11 bits per heavy atom. The molecule has 0 aromatic heterocycles. The molecular weight excluding hydrogens is 340 g/mol. The maximum absolute atomic E-state index is 9.89. The van der Waals surface area contributed by atoms with E-state index in [0.29, 0.717) is 25.6 Å². The molecule has 0 saturated heterocycles. The third-order valence-corrected chi connectivity index (χ3v) is 4.61. The minimum absolute atomic E-state index is 0.0270. The lowest BCUT2D eigenvalue weighted by atomic mass is 9.96. The monoisotopic (exact) mass is 368 g/mol. The van der Waals surface area contributed by atoms with Gasteiger partial charge in [-0.05, 0) is 77.7 Å². The van der Waals surface area contributed by atoms with E-state index in [1.165, 1.54) is 0 Å². The van der Waals surface area contributed by atoms with Crippen LogP contribution in [0.15, 0.2) is 36.4 Å². The van der Waals surface area contributed by atoms with Gasteiger partial charge >= 0.3 is 0 Å². The second-order valence-corrected chi connectivity index (χ2v) is 6.49. The fourth-order valence-corrected chi connectivity index (χ4v) is 3.30. The first-order valence-corrected chi connectivity index (χ1v) is 9.74. The summed E-state index contributed by atoms with van der Waals surface area (Å²) >= 11 is 0. The van der Waals surface area contributed by atoms with Crippen LogP contribution in [0.4, 0.5) is 0 Å². The van der Waals surface area contributed by atoms with Crippen LogP contribution in [0.25, 0.3) is 21.5 Å². The summed E-state index contributed by atoms with van der Waals surface area (Å²) < 4.78 is 17.5. The summed E-state index contributed by atoms with van der Waals surface area (Å²) in [4.78, 5) is 0. The fourth-order valence-electron chi connectivity index (χ4n) is 3.30. The molecule has 3 aromatic rings. The summed E-state index contributed by atoms with van der Waals surface area (Å²) in [5, 5.41) is 14.1. The van der Waals surface area contributed by atoms with E-state index in [1.807, 2.05) is 44.2 Å². The molecule has 0 atom stereocenters. The van der Waals surface area contributed by atoms with E-state index in [-0.39, 0.29) is 6.61 Å². The number of fused-ring (bicyclic) bond motifs is 3. The van der Waals surface area contributed by atoms with Gasteiger partial charge in [0.05, 0.1) is 26.4 Å². The summed E-state index contributed by atoms with van der Waals surface area (Å²) in [5.41, 5.74) is 0.876. The van der Waals surface area contributed by atoms with Crippen molar-refractivity contribution in [2.24, 2.45) is 0 Å². The molecule has 0 heterocycles. The average Bonchev–Trinajstić information content (AvgIpc) is 2.68.